The maximum atomic E-state index is 13.2. The Morgan fingerprint density at radius 1 is 0.946 bits per heavy atom. The second-order valence-electron chi connectivity index (χ2n) is 11.0. The minimum Gasteiger partial charge on any atom is -0.444 e. The number of carbonyl (C=O) groups excluding carboxylic acids is 5. The van der Waals surface area contributed by atoms with Gasteiger partial charge in [0.25, 0.3) is 17.7 Å². The molecule has 200 valence electrons. The van der Waals surface area contributed by atoms with Gasteiger partial charge >= 0.3 is 6.09 Å². The van der Waals surface area contributed by atoms with Crippen LogP contribution in [0.2, 0.25) is 0 Å². The normalized spacial score (nSPS) is 19.0. The molecule has 1 saturated heterocycles. The van der Waals surface area contributed by atoms with Gasteiger partial charge in [0.1, 0.15) is 12.1 Å². The second kappa shape index (κ2) is 10.9. The summed E-state index contributed by atoms with van der Waals surface area (Å²) in [6.45, 7) is 5.94. The number of ether oxygens (including phenoxy) is 1. The zero-order valence-electron chi connectivity index (χ0n) is 21.8. The number of piperidine rings is 1. The molecule has 0 bridgehead atoms. The molecule has 1 aliphatic carbocycles. The summed E-state index contributed by atoms with van der Waals surface area (Å²) in [6, 6.07) is 4.59. The lowest BCUT2D eigenvalue weighted by Gasteiger charge is -2.32. The molecule has 2 fully saturated rings. The number of rotatable bonds is 5. The van der Waals surface area contributed by atoms with Crippen molar-refractivity contribution >= 4 is 29.7 Å². The van der Waals surface area contributed by atoms with E-state index < -0.39 is 11.7 Å². The van der Waals surface area contributed by atoms with Crippen LogP contribution in [0.4, 0.5) is 4.79 Å². The predicted molar refractivity (Wildman–Crippen MR) is 135 cm³/mol. The maximum Gasteiger partial charge on any atom is 0.408 e. The molecule has 1 aromatic rings. The van der Waals surface area contributed by atoms with Crippen molar-refractivity contribution in [2.75, 3.05) is 19.6 Å². The molecule has 0 spiro atoms. The smallest absolute Gasteiger partial charge is 0.408 e. The Balaban J connectivity index is 1.29. The molecule has 2 aliphatic heterocycles. The highest BCUT2D eigenvalue weighted by atomic mass is 16.6. The van der Waals surface area contributed by atoms with E-state index in [2.05, 4.69) is 10.6 Å². The quantitative estimate of drug-likeness (QED) is 0.585. The van der Waals surface area contributed by atoms with Crippen LogP contribution in [0.15, 0.2) is 18.2 Å². The van der Waals surface area contributed by atoms with E-state index in [1.54, 1.807) is 43.9 Å². The molecule has 0 unspecified atom stereocenters. The summed E-state index contributed by atoms with van der Waals surface area (Å²) < 4.78 is 5.12. The van der Waals surface area contributed by atoms with Crippen molar-refractivity contribution in [3.05, 3.63) is 34.9 Å². The Bertz CT molecular complexity index is 1080. The zero-order chi connectivity index (χ0) is 26.7. The summed E-state index contributed by atoms with van der Waals surface area (Å²) in [5.74, 6) is -1.08. The van der Waals surface area contributed by atoms with Gasteiger partial charge in [0.2, 0.25) is 5.91 Å². The molecule has 2 N–H and O–H groups in total. The van der Waals surface area contributed by atoms with E-state index >= 15 is 0 Å². The number of nitrogens with zero attached hydrogens (tertiary/aromatic N) is 2. The number of hydrogen-bond acceptors (Lipinski definition) is 6. The van der Waals surface area contributed by atoms with Crippen molar-refractivity contribution in [3.63, 3.8) is 0 Å². The Morgan fingerprint density at radius 3 is 2.24 bits per heavy atom. The number of likely N-dealkylation sites (tertiary alicyclic amines) is 1. The number of carbonyl (C=O) groups is 5. The number of hydrogen-bond donors (Lipinski definition) is 2. The third-order valence-electron chi connectivity index (χ3n) is 7.04. The lowest BCUT2D eigenvalue weighted by molar-refractivity contribution is -0.121. The lowest BCUT2D eigenvalue weighted by atomic mass is 9.94. The molecule has 1 saturated carbocycles. The summed E-state index contributed by atoms with van der Waals surface area (Å²) in [7, 11) is 0. The molecular weight excluding hydrogens is 476 g/mol. The first-order valence-corrected chi connectivity index (χ1v) is 13.1. The molecule has 2 heterocycles. The van der Waals surface area contributed by atoms with Crippen molar-refractivity contribution in [1.29, 1.82) is 0 Å². The van der Waals surface area contributed by atoms with E-state index in [9.17, 15) is 24.0 Å². The molecule has 5 amide bonds. The Morgan fingerprint density at radius 2 is 1.59 bits per heavy atom. The molecule has 0 radical (unpaired) electrons. The number of benzene rings is 1. The van der Waals surface area contributed by atoms with Gasteiger partial charge in [-0.15, -0.1) is 0 Å². The number of amides is 5. The van der Waals surface area contributed by atoms with Crippen LogP contribution in [0.25, 0.3) is 0 Å². The van der Waals surface area contributed by atoms with Crippen LogP contribution >= 0.6 is 0 Å². The summed E-state index contributed by atoms with van der Waals surface area (Å²) in [4.78, 5) is 66.1. The molecular formula is C27H36N4O6. The largest absolute Gasteiger partial charge is 0.444 e. The van der Waals surface area contributed by atoms with Crippen molar-refractivity contribution in [3.8, 4) is 0 Å². The fourth-order valence-electron chi connectivity index (χ4n) is 5.22. The Labute approximate surface area is 217 Å². The Hall–Kier alpha value is -3.43. The predicted octanol–water partition coefficient (Wildman–Crippen LogP) is 2.86. The number of imide groups is 1. The van der Waals surface area contributed by atoms with Crippen molar-refractivity contribution < 1.29 is 28.7 Å². The van der Waals surface area contributed by atoms with Gasteiger partial charge in [0, 0.05) is 30.7 Å². The van der Waals surface area contributed by atoms with Gasteiger partial charge in [-0.2, -0.15) is 0 Å². The van der Waals surface area contributed by atoms with Crippen molar-refractivity contribution in [1.82, 2.24) is 20.4 Å². The molecule has 10 nitrogen and oxygen atoms in total. The Kier molecular flexibility index (Phi) is 7.85. The molecule has 1 aromatic carbocycles. The first-order valence-electron chi connectivity index (χ1n) is 13.1. The van der Waals surface area contributed by atoms with Crippen LogP contribution in [0.5, 0.6) is 0 Å². The molecule has 10 heteroatoms. The van der Waals surface area contributed by atoms with E-state index in [4.69, 9.17) is 4.74 Å². The molecule has 4 rings (SSSR count). The van der Waals surface area contributed by atoms with E-state index in [-0.39, 0.29) is 42.3 Å². The second-order valence-corrected chi connectivity index (χ2v) is 11.0. The van der Waals surface area contributed by atoms with Gasteiger partial charge in [0.05, 0.1) is 11.1 Å². The summed E-state index contributed by atoms with van der Waals surface area (Å²) in [6.07, 6.45) is 5.31. The van der Waals surface area contributed by atoms with Gasteiger partial charge in [-0.05, 0) is 64.7 Å². The third-order valence-corrected chi connectivity index (χ3v) is 7.04. The van der Waals surface area contributed by atoms with Crippen LogP contribution < -0.4 is 10.6 Å². The average molecular weight is 513 g/mol. The van der Waals surface area contributed by atoms with Crippen LogP contribution in [0.3, 0.4) is 0 Å². The van der Waals surface area contributed by atoms with E-state index in [1.807, 2.05) is 0 Å². The maximum absolute atomic E-state index is 13.2. The van der Waals surface area contributed by atoms with Gasteiger partial charge in [-0.25, -0.2) is 4.79 Å². The summed E-state index contributed by atoms with van der Waals surface area (Å²) in [5, 5.41) is 5.32. The zero-order valence-corrected chi connectivity index (χ0v) is 21.8. The highest BCUT2D eigenvalue weighted by Gasteiger charge is 2.40. The SMILES string of the molecule is CC(C)(C)OC(=O)NCC(=O)NC1CCN(C(=O)c2ccc3c(c2)C(=O)N(C2CCCCC2)C3=O)CC1. The van der Waals surface area contributed by atoms with Crippen molar-refractivity contribution in [2.45, 2.75) is 83.4 Å². The molecule has 0 aromatic heterocycles. The van der Waals surface area contributed by atoms with Crippen LogP contribution in [-0.4, -0.2) is 76.8 Å². The highest BCUT2D eigenvalue weighted by molar-refractivity contribution is 6.22. The molecule has 0 atom stereocenters. The molecule has 3 aliphatic rings. The number of alkyl carbamates (subject to hydrolysis) is 1. The summed E-state index contributed by atoms with van der Waals surface area (Å²) >= 11 is 0. The lowest BCUT2D eigenvalue weighted by Crippen LogP contribution is -2.49. The third kappa shape index (κ3) is 6.29. The van der Waals surface area contributed by atoms with Gasteiger partial charge in [-0.3, -0.25) is 24.1 Å². The van der Waals surface area contributed by atoms with Gasteiger partial charge in [-0.1, -0.05) is 19.3 Å². The monoisotopic (exact) mass is 512 g/mol. The first kappa shape index (κ1) is 26.6. The van der Waals surface area contributed by atoms with E-state index in [1.165, 1.54) is 4.90 Å². The minimum atomic E-state index is -0.653. The minimum absolute atomic E-state index is 0.0612. The first-order chi connectivity index (χ1) is 17.5. The molecule has 37 heavy (non-hydrogen) atoms. The fraction of sp³-hybridized carbons (Fsp3) is 0.593. The highest BCUT2D eigenvalue weighted by Crippen LogP contribution is 2.31. The van der Waals surface area contributed by atoms with E-state index in [0.717, 1.165) is 32.1 Å². The van der Waals surface area contributed by atoms with E-state index in [0.29, 0.717) is 42.6 Å². The van der Waals surface area contributed by atoms with Gasteiger partial charge < -0.3 is 20.3 Å². The van der Waals surface area contributed by atoms with Crippen LogP contribution in [0, 0.1) is 0 Å². The van der Waals surface area contributed by atoms with Crippen LogP contribution in [0.1, 0.15) is 96.8 Å². The standard InChI is InChI=1S/C27H36N4O6/c1-27(2,3)37-26(36)28-16-22(32)29-18-11-13-30(14-12-18)23(33)17-9-10-20-21(15-17)25(35)31(24(20)34)19-7-5-4-6-8-19/h9-10,15,18-19H,4-8,11-14,16H2,1-3H3,(H,28,36)(H,29,32). The number of nitrogens with one attached hydrogen (secondary N) is 2. The fourth-order valence-corrected chi connectivity index (χ4v) is 5.22. The summed E-state index contributed by atoms with van der Waals surface area (Å²) in [5.41, 5.74) is 0.417. The topological polar surface area (TPSA) is 125 Å². The average Bonchev–Trinajstić information content (AvgIpc) is 3.11. The van der Waals surface area contributed by atoms with Crippen molar-refractivity contribution in [2.24, 2.45) is 0 Å². The van der Waals surface area contributed by atoms with Crippen LogP contribution in [-0.2, 0) is 9.53 Å². The van der Waals surface area contributed by atoms with Gasteiger partial charge in [0.15, 0.2) is 0 Å². The number of fused-ring (bicyclic) bond motifs is 1.